The van der Waals surface area contributed by atoms with E-state index in [2.05, 4.69) is 21.2 Å². The van der Waals surface area contributed by atoms with Crippen LogP contribution >= 0.6 is 39.7 Å². The summed E-state index contributed by atoms with van der Waals surface area (Å²) in [6.07, 6.45) is 0. The minimum Gasteiger partial charge on any atom is -0.489 e. The number of rotatable bonds is 6. The quantitative estimate of drug-likeness (QED) is 0.459. The van der Waals surface area contributed by atoms with Gasteiger partial charge in [-0.05, 0) is 59.7 Å². The topological polar surface area (TPSA) is 21.3 Å². The molecule has 0 aliphatic rings. The number of benzene rings is 3. The highest BCUT2D eigenvalue weighted by atomic mass is 79.9. The average molecular weight is 447 g/mol. The Bertz CT molecular complexity index is 864. The van der Waals surface area contributed by atoms with Gasteiger partial charge >= 0.3 is 0 Å². The molecule has 0 aliphatic heterocycles. The number of ether oxygens (including phenoxy) is 1. The fraction of sp³-hybridized carbons (Fsp3) is 0.0952. The van der Waals surface area contributed by atoms with Crippen LogP contribution in [0, 0.1) is 0 Å². The van der Waals surface area contributed by atoms with Gasteiger partial charge < -0.3 is 10.1 Å². The molecule has 3 aromatic rings. The summed E-state index contributed by atoms with van der Waals surface area (Å²) in [6, 6.07) is 23.6. The standard InChI is InChI=1S/C21H17BrClNOS/c22-18-7-1-16(2-8-18)14-25-20-11-5-17(6-12-20)21(26)24-13-15-3-9-19(23)10-4-15/h1-12H,13-14H2,(H,24,26). The molecule has 0 heterocycles. The lowest BCUT2D eigenvalue weighted by Crippen LogP contribution is -2.21. The van der Waals surface area contributed by atoms with Gasteiger partial charge in [0.2, 0.25) is 0 Å². The lowest BCUT2D eigenvalue weighted by Gasteiger charge is -2.10. The van der Waals surface area contributed by atoms with Crippen LogP contribution in [0.2, 0.25) is 5.02 Å². The van der Waals surface area contributed by atoms with Crippen molar-refractivity contribution in [3.8, 4) is 5.75 Å². The van der Waals surface area contributed by atoms with E-state index in [9.17, 15) is 0 Å². The van der Waals surface area contributed by atoms with Crippen LogP contribution < -0.4 is 10.1 Å². The molecule has 1 N–H and O–H groups in total. The molecule has 132 valence electrons. The van der Waals surface area contributed by atoms with Crippen molar-refractivity contribution in [1.29, 1.82) is 0 Å². The van der Waals surface area contributed by atoms with E-state index in [0.29, 0.717) is 18.1 Å². The van der Waals surface area contributed by atoms with Crippen molar-refractivity contribution in [1.82, 2.24) is 5.32 Å². The van der Waals surface area contributed by atoms with Crippen molar-refractivity contribution in [2.75, 3.05) is 0 Å². The van der Waals surface area contributed by atoms with Gasteiger partial charge in [0.15, 0.2) is 0 Å². The van der Waals surface area contributed by atoms with E-state index in [1.807, 2.05) is 72.8 Å². The smallest absolute Gasteiger partial charge is 0.119 e. The molecule has 0 atom stereocenters. The van der Waals surface area contributed by atoms with Crippen LogP contribution in [0.1, 0.15) is 16.7 Å². The number of hydrogen-bond acceptors (Lipinski definition) is 2. The van der Waals surface area contributed by atoms with E-state index in [1.165, 1.54) is 0 Å². The minimum atomic E-state index is 0.534. The third kappa shape index (κ3) is 5.56. The fourth-order valence-corrected chi connectivity index (χ4v) is 2.94. The molecule has 0 aliphatic carbocycles. The summed E-state index contributed by atoms with van der Waals surface area (Å²) in [5.41, 5.74) is 3.22. The molecule has 0 saturated carbocycles. The Balaban J connectivity index is 1.52. The summed E-state index contributed by atoms with van der Waals surface area (Å²) >= 11 is 14.8. The Labute approximate surface area is 172 Å². The molecule has 0 radical (unpaired) electrons. The Kier molecular flexibility index (Phi) is 6.67. The zero-order valence-electron chi connectivity index (χ0n) is 13.9. The van der Waals surface area contributed by atoms with Crippen LogP contribution in [-0.4, -0.2) is 4.99 Å². The SMILES string of the molecule is S=C(NCc1ccc(Cl)cc1)c1ccc(OCc2ccc(Br)cc2)cc1. The minimum absolute atomic E-state index is 0.534. The Hall–Kier alpha value is -1.88. The van der Waals surface area contributed by atoms with Gasteiger partial charge in [-0.1, -0.05) is 64.0 Å². The molecule has 5 heteroatoms. The number of nitrogens with one attached hydrogen (secondary N) is 1. The van der Waals surface area contributed by atoms with Crippen molar-refractivity contribution < 1.29 is 4.74 Å². The zero-order valence-corrected chi connectivity index (χ0v) is 17.1. The summed E-state index contributed by atoms with van der Waals surface area (Å²) < 4.78 is 6.88. The van der Waals surface area contributed by atoms with Gasteiger partial charge in [-0.15, -0.1) is 0 Å². The third-order valence-electron chi connectivity index (χ3n) is 3.80. The first-order valence-electron chi connectivity index (χ1n) is 8.10. The number of thiocarbonyl (C=S) groups is 1. The summed E-state index contributed by atoms with van der Waals surface area (Å²) in [4.78, 5) is 0.708. The molecule has 3 rings (SSSR count). The van der Waals surface area contributed by atoms with Crippen molar-refractivity contribution >= 4 is 44.7 Å². The first-order valence-corrected chi connectivity index (χ1v) is 9.68. The maximum atomic E-state index is 5.90. The molecular weight excluding hydrogens is 430 g/mol. The first kappa shape index (κ1) is 18.9. The summed E-state index contributed by atoms with van der Waals surface area (Å²) in [5.74, 6) is 0.817. The molecule has 26 heavy (non-hydrogen) atoms. The number of hydrogen-bond donors (Lipinski definition) is 1. The van der Waals surface area contributed by atoms with E-state index in [0.717, 1.165) is 31.9 Å². The summed E-state index contributed by atoms with van der Waals surface area (Å²) in [6.45, 7) is 1.20. The molecule has 0 spiro atoms. The molecule has 0 aromatic heterocycles. The van der Waals surface area contributed by atoms with Crippen molar-refractivity contribution in [2.45, 2.75) is 13.2 Å². The molecule has 2 nitrogen and oxygen atoms in total. The van der Waals surface area contributed by atoms with Gasteiger partial charge in [-0.3, -0.25) is 0 Å². The Morgan fingerprint density at radius 3 is 2.15 bits per heavy atom. The maximum absolute atomic E-state index is 5.90. The molecule has 0 amide bonds. The monoisotopic (exact) mass is 445 g/mol. The van der Waals surface area contributed by atoms with E-state index in [1.54, 1.807) is 0 Å². The van der Waals surface area contributed by atoms with Gasteiger partial charge in [-0.25, -0.2) is 0 Å². The third-order valence-corrected chi connectivity index (χ3v) is 4.96. The highest BCUT2D eigenvalue weighted by Gasteiger charge is 2.03. The van der Waals surface area contributed by atoms with Crippen molar-refractivity contribution in [2.24, 2.45) is 0 Å². The van der Waals surface area contributed by atoms with E-state index in [-0.39, 0.29) is 0 Å². The van der Waals surface area contributed by atoms with E-state index >= 15 is 0 Å². The second kappa shape index (κ2) is 9.17. The van der Waals surface area contributed by atoms with Gasteiger partial charge in [0.05, 0.1) is 0 Å². The van der Waals surface area contributed by atoms with Gasteiger partial charge in [0.25, 0.3) is 0 Å². The fourth-order valence-electron chi connectivity index (χ4n) is 2.34. The van der Waals surface area contributed by atoms with E-state index in [4.69, 9.17) is 28.6 Å². The number of halogens is 2. The van der Waals surface area contributed by atoms with E-state index < -0.39 is 0 Å². The molecule has 0 bridgehead atoms. The van der Waals surface area contributed by atoms with Crippen LogP contribution in [0.25, 0.3) is 0 Å². The van der Waals surface area contributed by atoms with Crippen LogP contribution in [-0.2, 0) is 13.2 Å². The van der Waals surface area contributed by atoms with Crippen LogP contribution in [0.4, 0.5) is 0 Å². The van der Waals surface area contributed by atoms with Crippen LogP contribution in [0.5, 0.6) is 5.75 Å². The maximum Gasteiger partial charge on any atom is 0.119 e. The van der Waals surface area contributed by atoms with Crippen LogP contribution in [0.15, 0.2) is 77.3 Å². The second-order valence-corrected chi connectivity index (χ2v) is 7.51. The van der Waals surface area contributed by atoms with Gasteiger partial charge in [0, 0.05) is 21.6 Å². The van der Waals surface area contributed by atoms with Gasteiger partial charge in [-0.2, -0.15) is 0 Å². The Morgan fingerprint density at radius 2 is 1.50 bits per heavy atom. The first-order chi connectivity index (χ1) is 12.6. The van der Waals surface area contributed by atoms with Crippen LogP contribution in [0.3, 0.4) is 0 Å². The normalized spacial score (nSPS) is 10.4. The summed E-state index contributed by atoms with van der Waals surface area (Å²) in [5, 5.41) is 3.99. The predicted octanol–water partition coefficient (Wildman–Crippen LogP) is 6.15. The largest absolute Gasteiger partial charge is 0.489 e. The average Bonchev–Trinajstić information content (AvgIpc) is 2.67. The lowest BCUT2D eigenvalue weighted by atomic mass is 10.2. The summed E-state index contributed by atoms with van der Waals surface area (Å²) in [7, 11) is 0. The lowest BCUT2D eigenvalue weighted by molar-refractivity contribution is 0.306. The zero-order chi connectivity index (χ0) is 18.4. The van der Waals surface area contributed by atoms with Crippen molar-refractivity contribution in [3.05, 3.63) is 99.0 Å². The second-order valence-electron chi connectivity index (χ2n) is 5.75. The predicted molar refractivity (Wildman–Crippen MR) is 115 cm³/mol. The molecule has 3 aromatic carbocycles. The molecule has 0 saturated heterocycles. The molecular formula is C21H17BrClNOS. The molecule has 0 fully saturated rings. The van der Waals surface area contributed by atoms with Crippen molar-refractivity contribution in [3.63, 3.8) is 0 Å². The highest BCUT2D eigenvalue weighted by Crippen LogP contribution is 2.16. The Morgan fingerprint density at radius 1 is 0.885 bits per heavy atom. The van der Waals surface area contributed by atoms with Gasteiger partial charge in [0.1, 0.15) is 17.3 Å². The molecule has 0 unspecified atom stereocenters. The highest BCUT2D eigenvalue weighted by molar-refractivity contribution is 9.10.